The maximum Gasteiger partial charge on any atom is 0.254 e. The number of aromatic nitrogens is 3. The van der Waals surface area contributed by atoms with E-state index in [4.69, 9.17) is 27.9 Å². The molecule has 2 N–H and O–H groups in total. The van der Waals surface area contributed by atoms with Gasteiger partial charge in [-0.3, -0.25) is 14.4 Å². The van der Waals surface area contributed by atoms with Crippen LogP contribution >= 0.6 is 35.0 Å². The Kier molecular flexibility index (Phi) is 10.7. The van der Waals surface area contributed by atoms with Gasteiger partial charge in [0.1, 0.15) is 0 Å². The molecule has 1 aliphatic heterocycles. The molecule has 0 spiro atoms. The van der Waals surface area contributed by atoms with Crippen molar-refractivity contribution < 1.29 is 19.1 Å². The minimum atomic E-state index is -0.448. The number of nitrogens with one attached hydrogen (secondary N) is 2. The van der Waals surface area contributed by atoms with E-state index >= 15 is 0 Å². The molecule has 1 aliphatic rings. The van der Waals surface area contributed by atoms with Crippen LogP contribution < -0.4 is 10.6 Å². The van der Waals surface area contributed by atoms with Gasteiger partial charge in [0, 0.05) is 35.9 Å². The van der Waals surface area contributed by atoms with Crippen molar-refractivity contribution in [2.45, 2.75) is 38.5 Å². The Morgan fingerprint density at radius 1 is 1.07 bits per heavy atom. The number of hydrogen-bond donors (Lipinski definition) is 2. The third kappa shape index (κ3) is 7.79. The average molecular weight is 620 g/mol. The van der Waals surface area contributed by atoms with E-state index in [0.29, 0.717) is 65.7 Å². The Morgan fingerprint density at radius 3 is 2.51 bits per heavy atom. The number of ether oxygens (including phenoxy) is 1. The summed E-state index contributed by atoms with van der Waals surface area (Å²) >= 11 is 13.5. The number of hydrogen-bond acceptors (Lipinski definition) is 7. The van der Waals surface area contributed by atoms with Gasteiger partial charge >= 0.3 is 0 Å². The molecular weight excluding hydrogens is 587 g/mol. The van der Waals surface area contributed by atoms with Gasteiger partial charge in [-0.25, -0.2) is 0 Å². The minimum absolute atomic E-state index is 0.00637. The Hall–Kier alpha value is -3.12. The first-order chi connectivity index (χ1) is 19.7. The van der Waals surface area contributed by atoms with Crippen molar-refractivity contribution in [1.29, 1.82) is 0 Å². The molecule has 218 valence electrons. The van der Waals surface area contributed by atoms with Crippen molar-refractivity contribution in [3.63, 3.8) is 0 Å². The minimum Gasteiger partial charge on any atom is -0.378 e. The zero-order chi connectivity index (χ0) is 29.5. The monoisotopic (exact) mass is 618 g/mol. The molecule has 3 aromatic rings. The Bertz CT molecular complexity index is 1410. The molecule has 3 amide bonds. The van der Waals surface area contributed by atoms with Crippen LogP contribution in [0.4, 0.5) is 5.69 Å². The second kappa shape index (κ2) is 14.2. The van der Waals surface area contributed by atoms with Crippen LogP contribution in [0.5, 0.6) is 0 Å². The summed E-state index contributed by atoms with van der Waals surface area (Å²) in [4.78, 5) is 40.4. The quantitative estimate of drug-likeness (QED) is 0.309. The molecule has 4 rings (SSSR count). The van der Waals surface area contributed by atoms with Crippen molar-refractivity contribution in [3.05, 3.63) is 69.5 Å². The number of morpholine rings is 1. The molecule has 0 radical (unpaired) electrons. The smallest absolute Gasteiger partial charge is 0.254 e. The number of anilines is 1. The first-order valence-corrected chi connectivity index (χ1v) is 15.0. The molecule has 2 heterocycles. The van der Waals surface area contributed by atoms with Gasteiger partial charge in [0.15, 0.2) is 11.0 Å². The standard InChI is InChI=1S/C28H32Cl2N6O4S/c1-4-36-25(24(17(2)3)32-26(38)21-9-8-19(29)15-22(21)30)33-34-28(36)41-16-23(37)31-20-7-5-6-18(14-20)27(39)35-10-12-40-13-11-35/h5-9,14-15,17,24H,4,10-13,16H2,1-3H3,(H,31,37)(H,32,38)/t24-/m0/s1. The Labute approximate surface area is 253 Å². The lowest BCUT2D eigenvalue weighted by molar-refractivity contribution is -0.113. The number of carbonyl (C=O) groups is 3. The molecule has 1 saturated heterocycles. The molecule has 1 aromatic heterocycles. The number of benzene rings is 2. The molecule has 41 heavy (non-hydrogen) atoms. The van der Waals surface area contributed by atoms with E-state index in [1.165, 1.54) is 17.8 Å². The highest BCUT2D eigenvalue weighted by molar-refractivity contribution is 7.99. The molecule has 1 atom stereocenters. The van der Waals surface area contributed by atoms with Crippen LogP contribution in [0.25, 0.3) is 0 Å². The molecule has 0 aliphatic carbocycles. The summed E-state index contributed by atoms with van der Waals surface area (Å²) in [6.45, 7) is 8.56. The zero-order valence-corrected chi connectivity index (χ0v) is 25.4. The highest BCUT2D eigenvalue weighted by Gasteiger charge is 2.27. The van der Waals surface area contributed by atoms with Crippen LogP contribution in [0.15, 0.2) is 47.6 Å². The number of halogens is 2. The predicted octanol–water partition coefficient (Wildman–Crippen LogP) is 4.94. The average Bonchev–Trinajstić information content (AvgIpc) is 3.37. The third-order valence-electron chi connectivity index (χ3n) is 6.49. The largest absolute Gasteiger partial charge is 0.378 e. The van der Waals surface area contributed by atoms with Gasteiger partial charge in [-0.2, -0.15) is 0 Å². The summed E-state index contributed by atoms with van der Waals surface area (Å²) < 4.78 is 7.20. The molecular formula is C28H32Cl2N6O4S. The van der Waals surface area contributed by atoms with Crippen molar-refractivity contribution >= 4 is 58.4 Å². The van der Waals surface area contributed by atoms with Gasteiger partial charge in [-0.1, -0.05) is 54.9 Å². The van der Waals surface area contributed by atoms with Crippen LogP contribution in [0.2, 0.25) is 10.0 Å². The molecule has 2 aromatic carbocycles. The summed E-state index contributed by atoms with van der Waals surface area (Å²) in [5.41, 5.74) is 1.36. The highest BCUT2D eigenvalue weighted by atomic mass is 35.5. The summed E-state index contributed by atoms with van der Waals surface area (Å²) in [6, 6.07) is 11.2. The van der Waals surface area contributed by atoms with E-state index in [0.717, 1.165) is 0 Å². The van der Waals surface area contributed by atoms with E-state index in [-0.39, 0.29) is 34.4 Å². The fraction of sp³-hybridized carbons (Fsp3) is 0.393. The molecule has 1 fully saturated rings. The zero-order valence-electron chi connectivity index (χ0n) is 23.0. The summed E-state index contributed by atoms with van der Waals surface area (Å²) in [7, 11) is 0. The second-order valence-corrected chi connectivity index (χ2v) is 11.5. The van der Waals surface area contributed by atoms with Crippen LogP contribution in [0, 0.1) is 5.92 Å². The number of rotatable bonds is 10. The molecule has 13 heteroatoms. The van der Waals surface area contributed by atoms with E-state index in [1.807, 2.05) is 25.3 Å². The van der Waals surface area contributed by atoms with E-state index in [2.05, 4.69) is 20.8 Å². The predicted molar refractivity (Wildman–Crippen MR) is 160 cm³/mol. The fourth-order valence-corrected chi connectivity index (χ4v) is 5.67. The number of amides is 3. The topological polar surface area (TPSA) is 118 Å². The van der Waals surface area contributed by atoms with E-state index < -0.39 is 6.04 Å². The lowest BCUT2D eigenvalue weighted by Gasteiger charge is -2.27. The molecule has 10 nitrogen and oxygen atoms in total. The summed E-state index contributed by atoms with van der Waals surface area (Å²) in [5.74, 6) is -0.0271. The Morgan fingerprint density at radius 2 is 1.83 bits per heavy atom. The first kappa shape index (κ1) is 30.8. The number of nitrogens with zero attached hydrogens (tertiary/aromatic N) is 4. The SMILES string of the molecule is CCn1c(SCC(=O)Nc2cccc(C(=O)N3CCOCC3)c2)nnc1[C@@H](NC(=O)c1ccc(Cl)cc1Cl)C(C)C. The van der Waals surface area contributed by atoms with Crippen LogP contribution in [-0.2, 0) is 16.1 Å². The number of carbonyl (C=O) groups excluding carboxylic acids is 3. The molecule has 0 bridgehead atoms. The van der Waals surface area contributed by atoms with Crippen molar-refractivity contribution in [1.82, 2.24) is 25.0 Å². The highest BCUT2D eigenvalue weighted by Crippen LogP contribution is 2.27. The summed E-state index contributed by atoms with van der Waals surface area (Å²) in [6.07, 6.45) is 0. The number of thioether (sulfide) groups is 1. The van der Waals surface area contributed by atoms with Gasteiger partial charge < -0.3 is 24.8 Å². The van der Waals surface area contributed by atoms with E-state index in [9.17, 15) is 14.4 Å². The Balaban J connectivity index is 1.40. The lowest BCUT2D eigenvalue weighted by Crippen LogP contribution is -2.40. The third-order valence-corrected chi connectivity index (χ3v) is 8.01. The summed E-state index contributed by atoms with van der Waals surface area (Å²) in [5, 5.41) is 15.8. The van der Waals surface area contributed by atoms with Crippen molar-refractivity contribution in [2.24, 2.45) is 5.92 Å². The lowest BCUT2D eigenvalue weighted by atomic mass is 10.0. The maximum absolute atomic E-state index is 13.0. The molecule has 0 unspecified atom stereocenters. The van der Waals surface area contributed by atoms with Gasteiger partial charge in [-0.15, -0.1) is 10.2 Å². The van der Waals surface area contributed by atoms with Crippen molar-refractivity contribution in [2.75, 3.05) is 37.4 Å². The van der Waals surface area contributed by atoms with Crippen LogP contribution in [0.3, 0.4) is 0 Å². The van der Waals surface area contributed by atoms with E-state index in [1.54, 1.807) is 41.3 Å². The molecule has 0 saturated carbocycles. The van der Waals surface area contributed by atoms with Crippen molar-refractivity contribution in [3.8, 4) is 0 Å². The van der Waals surface area contributed by atoms with Gasteiger partial charge in [-0.05, 0) is 49.2 Å². The first-order valence-electron chi connectivity index (χ1n) is 13.3. The van der Waals surface area contributed by atoms with Gasteiger partial charge in [0.2, 0.25) is 5.91 Å². The maximum atomic E-state index is 13.0. The van der Waals surface area contributed by atoms with Crippen LogP contribution in [-0.4, -0.2) is 69.4 Å². The van der Waals surface area contributed by atoms with Gasteiger partial charge in [0.25, 0.3) is 11.8 Å². The normalized spacial score (nSPS) is 14.1. The fourth-order valence-electron chi connectivity index (χ4n) is 4.36. The second-order valence-electron chi connectivity index (χ2n) is 9.73. The van der Waals surface area contributed by atoms with Gasteiger partial charge in [0.05, 0.1) is 35.6 Å². The van der Waals surface area contributed by atoms with Crippen LogP contribution in [0.1, 0.15) is 53.4 Å².